The molecule has 1 heterocycles. The number of aromatic amines is 1. The number of rotatable bonds is 6. The lowest BCUT2D eigenvalue weighted by Gasteiger charge is -2.10. The second-order valence-corrected chi connectivity index (χ2v) is 7.42. The second kappa shape index (κ2) is 7.86. The third kappa shape index (κ3) is 4.04. The number of amides is 1. The maximum atomic E-state index is 12.3. The van der Waals surface area contributed by atoms with Crippen molar-refractivity contribution in [3.8, 4) is 0 Å². The van der Waals surface area contributed by atoms with Gasteiger partial charge in [-0.25, -0.2) is 4.98 Å². The summed E-state index contributed by atoms with van der Waals surface area (Å²) < 4.78 is 0. The van der Waals surface area contributed by atoms with Crippen LogP contribution >= 0.6 is 11.8 Å². The number of hydrogen-bond donors (Lipinski definition) is 2. The number of aromatic nitrogens is 3. The van der Waals surface area contributed by atoms with Gasteiger partial charge in [0.25, 0.3) is 5.69 Å². The summed E-state index contributed by atoms with van der Waals surface area (Å²) in [4.78, 5) is 27.4. The Morgan fingerprint density at radius 2 is 2.12 bits per heavy atom. The molecule has 0 bridgehead atoms. The molecule has 1 aromatic heterocycles. The van der Waals surface area contributed by atoms with E-state index in [1.165, 1.54) is 30.7 Å². The molecule has 0 spiro atoms. The van der Waals surface area contributed by atoms with Crippen LogP contribution in [0.3, 0.4) is 0 Å². The molecule has 1 aliphatic rings. The largest absolute Gasteiger partial charge is 0.319 e. The summed E-state index contributed by atoms with van der Waals surface area (Å²) in [7, 11) is 0. The molecule has 1 saturated carbocycles. The molecule has 0 unspecified atom stereocenters. The van der Waals surface area contributed by atoms with E-state index in [-0.39, 0.29) is 23.0 Å². The Morgan fingerprint density at radius 1 is 1.38 bits per heavy atom. The van der Waals surface area contributed by atoms with Crippen LogP contribution in [0.2, 0.25) is 0 Å². The number of nitrogens with zero attached hydrogens (tertiary/aromatic N) is 3. The molecule has 3 rings (SSSR count). The number of nitro benzene ring substituents is 1. The SMILES string of the molecule is Cc1ccc([N+](=O)[O-])c(NC(=O)CSc2n[nH]c(C3CCCC3)n2)c1C. The van der Waals surface area contributed by atoms with Crippen LogP contribution in [0.15, 0.2) is 17.3 Å². The van der Waals surface area contributed by atoms with Crippen LogP contribution in [-0.2, 0) is 4.79 Å². The minimum atomic E-state index is -0.488. The zero-order valence-corrected chi connectivity index (χ0v) is 15.6. The quantitative estimate of drug-likeness (QED) is 0.452. The predicted octanol–water partition coefficient (Wildman–Crippen LogP) is 3.72. The summed E-state index contributed by atoms with van der Waals surface area (Å²) in [6.07, 6.45) is 4.67. The molecule has 1 aromatic carbocycles. The number of nitrogens with one attached hydrogen (secondary N) is 2. The fourth-order valence-corrected chi connectivity index (χ4v) is 3.73. The number of carbonyl (C=O) groups excluding carboxylic acids is 1. The Morgan fingerprint density at radius 3 is 2.81 bits per heavy atom. The van der Waals surface area contributed by atoms with Gasteiger partial charge in [-0.3, -0.25) is 20.0 Å². The summed E-state index contributed by atoms with van der Waals surface area (Å²) in [5.74, 6) is 1.09. The average Bonchev–Trinajstić information content (AvgIpc) is 3.28. The number of anilines is 1. The Labute approximate surface area is 155 Å². The molecule has 8 nitrogen and oxygen atoms in total. The van der Waals surface area contributed by atoms with E-state index in [2.05, 4.69) is 20.5 Å². The van der Waals surface area contributed by atoms with Gasteiger partial charge >= 0.3 is 0 Å². The number of H-pyrrole nitrogens is 1. The fraction of sp³-hybridized carbons (Fsp3) is 0.471. The van der Waals surface area contributed by atoms with Gasteiger partial charge in [0.1, 0.15) is 11.5 Å². The van der Waals surface area contributed by atoms with Crippen molar-refractivity contribution in [2.45, 2.75) is 50.6 Å². The van der Waals surface area contributed by atoms with Gasteiger partial charge in [-0.05, 0) is 37.8 Å². The standard InChI is InChI=1S/C17H21N5O3S/c1-10-7-8-13(22(24)25)15(11(10)2)18-14(23)9-26-17-19-16(20-21-17)12-5-3-4-6-12/h7-8,12H,3-6,9H2,1-2H3,(H,18,23)(H,19,20,21). The van der Waals surface area contributed by atoms with Gasteiger partial charge in [0.15, 0.2) is 0 Å². The Hall–Kier alpha value is -2.42. The number of carbonyl (C=O) groups is 1. The number of aryl methyl sites for hydroxylation is 1. The Bertz CT molecular complexity index is 830. The Kier molecular flexibility index (Phi) is 5.55. The second-order valence-electron chi connectivity index (χ2n) is 6.48. The molecule has 1 aliphatic carbocycles. The highest BCUT2D eigenvalue weighted by molar-refractivity contribution is 7.99. The summed E-state index contributed by atoms with van der Waals surface area (Å²) in [6.45, 7) is 3.61. The van der Waals surface area contributed by atoms with Gasteiger partial charge in [-0.1, -0.05) is 30.7 Å². The number of nitro groups is 1. The summed E-state index contributed by atoms with van der Waals surface area (Å²) >= 11 is 1.22. The first-order chi connectivity index (χ1) is 12.5. The molecule has 2 N–H and O–H groups in total. The third-order valence-corrected chi connectivity index (χ3v) is 5.58. The lowest BCUT2D eigenvalue weighted by atomic mass is 10.1. The van der Waals surface area contributed by atoms with Crippen molar-refractivity contribution >= 4 is 29.0 Å². The van der Waals surface area contributed by atoms with Crippen LogP contribution in [0.4, 0.5) is 11.4 Å². The van der Waals surface area contributed by atoms with E-state index in [1.807, 2.05) is 6.92 Å². The normalized spacial score (nSPS) is 14.5. The van der Waals surface area contributed by atoms with E-state index in [0.717, 1.165) is 24.2 Å². The number of benzene rings is 1. The van der Waals surface area contributed by atoms with Crippen molar-refractivity contribution in [3.63, 3.8) is 0 Å². The molecule has 1 amide bonds. The van der Waals surface area contributed by atoms with Crippen molar-refractivity contribution in [1.82, 2.24) is 15.2 Å². The van der Waals surface area contributed by atoms with Crippen molar-refractivity contribution in [2.75, 3.05) is 11.1 Å². The first-order valence-corrected chi connectivity index (χ1v) is 9.54. The first-order valence-electron chi connectivity index (χ1n) is 8.55. The summed E-state index contributed by atoms with van der Waals surface area (Å²) in [5, 5.41) is 21.5. The van der Waals surface area contributed by atoms with Crippen LogP contribution in [0.5, 0.6) is 0 Å². The van der Waals surface area contributed by atoms with Crippen molar-refractivity contribution in [2.24, 2.45) is 0 Å². The van der Waals surface area contributed by atoms with E-state index in [0.29, 0.717) is 16.6 Å². The zero-order chi connectivity index (χ0) is 18.7. The molecular formula is C17H21N5O3S. The number of hydrogen-bond acceptors (Lipinski definition) is 6. The highest BCUT2D eigenvalue weighted by Crippen LogP contribution is 2.33. The molecule has 9 heteroatoms. The van der Waals surface area contributed by atoms with Gasteiger partial charge in [-0.15, -0.1) is 5.10 Å². The highest BCUT2D eigenvalue weighted by atomic mass is 32.2. The predicted molar refractivity (Wildman–Crippen MR) is 99.5 cm³/mol. The molecule has 2 aromatic rings. The third-order valence-electron chi connectivity index (χ3n) is 4.73. The van der Waals surface area contributed by atoms with Gasteiger partial charge in [0.05, 0.1) is 10.7 Å². The first kappa shape index (κ1) is 18.4. The highest BCUT2D eigenvalue weighted by Gasteiger charge is 2.22. The fourth-order valence-electron chi connectivity index (χ4n) is 3.12. The topological polar surface area (TPSA) is 114 Å². The van der Waals surface area contributed by atoms with Crippen LogP contribution in [0.25, 0.3) is 0 Å². The van der Waals surface area contributed by atoms with Gasteiger partial charge in [-0.2, -0.15) is 0 Å². The van der Waals surface area contributed by atoms with E-state index < -0.39 is 4.92 Å². The van der Waals surface area contributed by atoms with E-state index in [9.17, 15) is 14.9 Å². The summed E-state index contributed by atoms with van der Waals surface area (Å²) in [5.41, 5.74) is 1.72. The summed E-state index contributed by atoms with van der Waals surface area (Å²) in [6, 6.07) is 3.09. The molecule has 0 radical (unpaired) electrons. The molecule has 26 heavy (non-hydrogen) atoms. The Balaban J connectivity index is 1.63. The van der Waals surface area contributed by atoms with Crippen molar-refractivity contribution < 1.29 is 9.72 Å². The molecule has 1 fully saturated rings. The van der Waals surface area contributed by atoms with Crippen LogP contribution < -0.4 is 5.32 Å². The average molecular weight is 375 g/mol. The number of thioether (sulfide) groups is 1. The zero-order valence-electron chi connectivity index (χ0n) is 14.7. The molecule has 0 saturated heterocycles. The maximum Gasteiger partial charge on any atom is 0.293 e. The minimum absolute atomic E-state index is 0.0898. The minimum Gasteiger partial charge on any atom is -0.319 e. The van der Waals surface area contributed by atoms with E-state index in [1.54, 1.807) is 13.0 Å². The molecule has 138 valence electrons. The van der Waals surface area contributed by atoms with Gasteiger partial charge < -0.3 is 5.32 Å². The monoisotopic (exact) mass is 375 g/mol. The van der Waals surface area contributed by atoms with Crippen molar-refractivity contribution in [1.29, 1.82) is 0 Å². The van der Waals surface area contributed by atoms with Crippen molar-refractivity contribution in [3.05, 3.63) is 39.2 Å². The molecule has 0 atom stereocenters. The maximum absolute atomic E-state index is 12.3. The van der Waals surface area contributed by atoms with Gasteiger partial charge in [0, 0.05) is 12.0 Å². The van der Waals surface area contributed by atoms with Gasteiger partial charge in [0.2, 0.25) is 11.1 Å². The molecule has 0 aliphatic heterocycles. The smallest absolute Gasteiger partial charge is 0.293 e. The van der Waals surface area contributed by atoms with E-state index in [4.69, 9.17) is 0 Å². The van der Waals surface area contributed by atoms with Crippen LogP contribution in [-0.4, -0.2) is 31.8 Å². The lowest BCUT2D eigenvalue weighted by molar-refractivity contribution is -0.384. The molecular weight excluding hydrogens is 354 g/mol. The lowest BCUT2D eigenvalue weighted by Crippen LogP contribution is -2.16. The van der Waals surface area contributed by atoms with Crippen LogP contribution in [0, 0.1) is 24.0 Å². The van der Waals surface area contributed by atoms with Crippen LogP contribution in [0.1, 0.15) is 48.6 Å². The van der Waals surface area contributed by atoms with E-state index >= 15 is 0 Å².